The average Bonchev–Trinajstić information content (AvgIpc) is 2.96. The van der Waals surface area contributed by atoms with Crippen molar-refractivity contribution in [3.63, 3.8) is 0 Å². The Kier molecular flexibility index (Phi) is 9.46. The van der Waals surface area contributed by atoms with Gasteiger partial charge in [-0.25, -0.2) is 0 Å². The number of carbonyl (C=O) groups is 1. The van der Waals surface area contributed by atoms with Crippen LogP contribution in [-0.2, 0) is 13.1 Å². The van der Waals surface area contributed by atoms with Crippen LogP contribution >= 0.6 is 0 Å². The summed E-state index contributed by atoms with van der Waals surface area (Å²) in [5.41, 5.74) is 2.88. The van der Waals surface area contributed by atoms with Gasteiger partial charge in [0, 0.05) is 50.9 Å². The number of hydrogen-bond donors (Lipinski definition) is 1. The maximum atomic E-state index is 12.8. The number of hydrogen-bond acceptors (Lipinski definition) is 5. The lowest BCUT2D eigenvalue weighted by molar-refractivity contribution is -0.274. The lowest BCUT2D eigenvalue weighted by atomic mass is 10.0. The van der Waals surface area contributed by atoms with E-state index in [9.17, 15) is 18.0 Å². The van der Waals surface area contributed by atoms with Gasteiger partial charge in [0.25, 0.3) is 5.91 Å². The summed E-state index contributed by atoms with van der Waals surface area (Å²) in [6.45, 7) is 5.20. The van der Waals surface area contributed by atoms with Crippen molar-refractivity contribution in [2.45, 2.75) is 57.3 Å². The summed E-state index contributed by atoms with van der Waals surface area (Å²) in [5.74, 6) is 0.482. The molecule has 9 heteroatoms. The van der Waals surface area contributed by atoms with Crippen LogP contribution in [0.1, 0.15) is 47.2 Å². The number of ether oxygens (including phenoxy) is 2. The van der Waals surface area contributed by atoms with Crippen LogP contribution in [-0.4, -0.2) is 60.4 Å². The SMILES string of the molecule is O=C(NC1CCN(Cc2ccccc2)CC1)c1ccc(OC2CCN(Cc3ccc(OC(F)(F)F)cc3)CC2)cc1. The number of rotatable bonds is 9. The fourth-order valence-corrected chi connectivity index (χ4v) is 5.46. The van der Waals surface area contributed by atoms with E-state index in [0.29, 0.717) is 12.1 Å². The van der Waals surface area contributed by atoms with E-state index in [0.717, 1.165) is 69.7 Å². The summed E-state index contributed by atoms with van der Waals surface area (Å²) in [6, 6.07) is 24.0. The Hall–Kier alpha value is -3.56. The second-order valence-electron chi connectivity index (χ2n) is 10.8. The molecule has 0 aliphatic carbocycles. The van der Waals surface area contributed by atoms with Gasteiger partial charge in [0.2, 0.25) is 0 Å². The number of halogens is 3. The van der Waals surface area contributed by atoms with Gasteiger partial charge in [0.05, 0.1) is 0 Å². The smallest absolute Gasteiger partial charge is 0.490 e. The summed E-state index contributed by atoms with van der Waals surface area (Å²) in [6.07, 6.45) is -1.03. The lowest BCUT2D eigenvalue weighted by Gasteiger charge is -2.32. The third-order valence-corrected chi connectivity index (χ3v) is 7.69. The molecule has 0 radical (unpaired) electrons. The molecule has 218 valence electrons. The Morgan fingerprint density at radius 1 is 0.732 bits per heavy atom. The van der Waals surface area contributed by atoms with Crippen molar-refractivity contribution in [3.8, 4) is 11.5 Å². The normalized spacial score (nSPS) is 17.7. The van der Waals surface area contributed by atoms with E-state index in [4.69, 9.17) is 4.74 Å². The summed E-state index contributed by atoms with van der Waals surface area (Å²) >= 11 is 0. The zero-order chi connectivity index (χ0) is 28.7. The van der Waals surface area contributed by atoms with Gasteiger partial charge in [0.15, 0.2) is 0 Å². The first-order valence-corrected chi connectivity index (χ1v) is 14.2. The predicted octanol–water partition coefficient (Wildman–Crippen LogP) is 6.02. The number of nitrogens with zero attached hydrogens (tertiary/aromatic N) is 2. The maximum Gasteiger partial charge on any atom is 0.573 e. The highest BCUT2D eigenvalue weighted by molar-refractivity contribution is 5.94. The van der Waals surface area contributed by atoms with Crippen molar-refractivity contribution in [3.05, 3.63) is 95.6 Å². The zero-order valence-electron chi connectivity index (χ0n) is 23.0. The molecule has 1 N–H and O–H groups in total. The molecule has 2 heterocycles. The van der Waals surface area contributed by atoms with Gasteiger partial charge < -0.3 is 14.8 Å². The highest BCUT2D eigenvalue weighted by atomic mass is 19.4. The molecule has 3 aromatic rings. The molecule has 0 aromatic heterocycles. The minimum atomic E-state index is -4.68. The molecule has 0 spiro atoms. The number of carbonyl (C=O) groups excluding carboxylic acids is 1. The Morgan fingerprint density at radius 3 is 1.85 bits per heavy atom. The van der Waals surface area contributed by atoms with Crippen LogP contribution < -0.4 is 14.8 Å². The fraction of sp³-hybridized carbons (Fsp3) is 0.406. The number of benzene rings is 3. The number of piperidine rings is 2. The molecule has 41 heavy (non-hydrogen) atoms. The summed E-state index contributed by atoms with van der Waals surface area (Å²) in [5, 5.41) is 3.19. The number of amides is 1. The molecule has 1 amide bonds. The first-order chi connectivity index (χ1) is 19.8. The largest absolute Gasteiger partial charge is 0.573 e. The number of nitrogens with one attached hydrogen (secondary N) is 1. The lowest BCUT2D eigenvalue weighted by Crippen LogP contribution is -2.44. The van der Waals surface area contributed by atoms with E-state index >= 15 is 0 Å². The molecule has 2 fully saturated rings. The van der Waals surface area contributed by atoms with Gasteiger partial charge in [0.1, 0.15) is 17.6 Å². The first-order valence-electron chi connectivity index (χ1n) is 14.2. The van der Waals surface area contributed by atoms with Crippen LogP contribution in [0, 0.1) is 0 Å². The molecule has 2 aliphatic heterocycles. The zero-order valence-corrected chi connectivity index (χ0v) is 23.0. The molecular formula is C32H36F3N3O3. The Balaban J connectivity index is 1.01. The van der Waals surface area contributed by atoms with E-state index < -0.39 is 6.36 Å². The van der Waals surface area contributed by atoms with Crippen molar-refractivity contribution in [1.82, 2.24) is 15.1 Å². The number of alkyl halides is 3. The predicted molar refractivity (Wildman–Crippen MR) is 151 cm³/mol. The van der Waals surface area contributed by atoms with Crippen molar-refractivity contribution in [2.24, 2.45) is 0 Å². The van der Waals surface area contributed by atoms with E-state index in [1.807, 2.05) is 30.3 Å². The van der Waals surface area contributed by atoms with E-state index in [-0.39, 0.29) is 23.8 Å². The average molecular weight is 568 g/mol. The van der Waals surface area contributed by atoms with E-state index in [1.165, 1.54) is 17.7 Å². The summed E-state index contributed by atoms with van der Waals surface area (Å²) in [4.78, 5) is 17.5. The minimum Gasteiger partial charge on any atom is -0.490 e. The molecule has 0 saturated carbocycles. The molecule has 0 bridgehead atoms. The number of likely N-dealkylation sites (tertiary alicyclic amines) is 2. The molecule has 3 aromatic carbocycles. The van der Waals surface area contributed by atoms with Crippen molar-refractivity contribution in [2.75, 3.05) is 26.2 Å². The van der Waals surface area contributed by atoms with Gasteiger partial charge in [-0.05, 0) is 73.2 Å². The molecular weight excluding hydrogens is 531 g/mol. The third-order valence-electron chi connectivity index (χ3n) is 7.69. The summed E-state index contributed by atoms with van der Waals surface area (Å²) in [7, 11) is 0. The Morgan fingerprint density at radius 2 is 1.27 bits per heavy atom. The van der Waals surface area contributed by atoms with E-state index in [2.05, 4.69) is 44.1 Å². The van der Waals surface area contributed by atoms with Gasteiger partial charge in [-0.1, -0.05) is 42.5 Å². The van der Waals surface area contributed by atoms with Gasteiger partial charge in [-0.15, -0.1) is 13.2 Å². The molecule has 6 nitrogen and oxygen atoms in total. The molecule has 5 rings (SSSR count). The summed E-state index contributed by atoms with van der Waals surface area (Å²) < 4.78 is 47.2. The Bertz CT molecular complexity index is 1240. The van der Waals surface area contributed by atoms with Crippen molar-refractivity contribution in [1.29, 1.82) is 0 Å². The monoisotopic (exact) mass is 567 g/mol. The molecule has 2 aliphatic rings. The van der Waals surface area contributed by atoms with Gasteiger partial charge in [-0.3, -0.25) is 14.6 Å². The van der Waals surface area contributed by atoms with Crippen LogP contribution in [0.3, 0.4) is 0 Å². The van der Waals surface area contributed by atoms with Crippen LogP contribution in [0.25, 0.3) is 0 Å². The van der Waals surface area contributed by atoms with Crippen LogP contribution in [0.2, 0.25) is 0 Å². The van der Waals surface area contributed by atoms with Crippen LogP contribution in [0.15, 0.2) is 78.9 Å². The van der Waals surface area contributed by atoms with E-state index in [1.54, 1.807) is 12.1 Å². The van der Waals surface area contributed by atoms with Crippen molar-refractivity contribution >= 4 is 5.91 Å². The molecule has 2 saturated heterocycles. The second kappa shape index (κ2) is 13.4. The van der Waals surface area contributed by atoms with Gasteiger partial charge >= 0.3 is 6.36 Å². The molecule has 0 atom stereocenters. The highest BCUT2D eigenvalue weighted by Crippen LogP contribution is 2.25. The topological polar surface area (TPSA) is 54.0 Å². The quantitative estimate of drug-likeness (QED) is 0.343. The van der Waals surface area contributed by atoms with Gasteiger partial charge in [-0.2, -0.15) is 0 Å². The first kappa shape index (κ1) is 29.0. The second-order valence-corrected chi connectivity index (χ2v) is 10.8. The van der Waals surface area contributed by atoms with Crippen LogP contribution in [0.4, 0.5) is 13.2 Å². The maximum absolute atomic E-state index is 12.8. The standard InChI is InChI=1S/C32H36F3N3O3/c33-32(34,35)41-30-10-6-25(7-11-30)23-38-20-16-29(17-21-38)40-28-12-8-26(9-13-28)31(39)36-27-14-18-37(19-15-27)22-24-4-2-1-3-5-24/h1-13,27,29H,14-23H2,(H,36,39). The third kappa shape index (κ3) is 8.96. The highest BCUT2D eigenvalue weighted by Gasteiger charge is 2.31. The molecule has 0 unspecified atom stereocenters. The Labute approximate surface area is 239 Å². The fourth-order valence-electron chi connectivity index (χ4n) is 5.46. The minimum absolute atomic E-state index is 0.0515. The van der Waals surface area contributed by atoms with Crippen LogP contribution in [0.5, 0.6) is 11.5 Å². The van der Waals surface area contributed by atoms with Crippen molar-refractivity contribution < 1.29 is 27.4 Å².